The summed E-state index contributed by atoms with van der Waals surface area (Å²) in [5.74, 6) is 3.02. The van der Waals surface area contributed by atoms with Crippen LogP contribution in [0, 0.1) is 11.8 Å². The SMILES string of the molecule is O=C(CNc1cc(NCC2CC2)ncn1)NCC1CC1. The molecule has 1 amide bonds. The molecule has 2 aliphatic rings. The van der Waals surface area contributed by atoms with Crippen LogP contribution in [0.2, 0.25) is 0 Å². The Labute approximate surface area is 118 Å². The Bertz CT molecular complexity index is 470. The zero-order valence-electron chi connectivity index (χ0n) is 11.6. The average molecular weight is 275 g/mol. The van der Waals surface area contributed by atoms with Crippen molar-refractivity contribution in [1.29, 1.82) is 0 Å². The van der Waals surface area contributed by atoms with Crippen LogP contribution in [0.1, 0.15) is 25.7 Å². The number of hydrogen-bond donors (Lipinski definition) is 3. The standard InChI is InChI=1S/C14H21N5O/c20-14(17-7-11-3-4-11)8-16-13-5-12(18-9-19-13)15-6-10-1-2-10/h5,9-11H,1-4,6-8H2,(H,17,20)(H2,15,16,18,19). The summed E-state index contributed by atoms with van der Waals surface area (Å²) in [6, 6.07) is 1.84. The molecule has 2 fully saturated rings. The van der Waals surface area contributed by atoms with Gasteiger partial charge in [0.2, 0.25) is 5.91 Å². The van der Waals surface area contributed by atoms with Crippen molar-refractivity contribution in [1.82, 2.24) is 15.3 Å². The first-order chi connectivity index (χ1) is 9.79. The molecule has 0 aliphatic heterocycles. The minimum absolute atomic E-state index is 0.0167. The van der Waals surface area contributed by atoms with Crippen molar-refractivity contribution in [2.45, 2.75) is 25.7 Å². The van der Waals surface area contributed by atoms with Gasteiger partial charge in [0.15, 0.2) is 0 Å². The molecule has 0 bridgehead atoms. The van der Waals surface area contributed by atoms with Gasteiger partial charge >= 0.3 is 0 Å². The summed E-state index contributed by atoms with van der Waals surface area (Å²) < 4.78 is 0. The van der Waals surface area contributed by atoms with E-state index in [1.54, 1.807) is 0 Å². The van der Waals surface area contributed by atoms with Crippen LogP contribution in [0.5, 0.6) is 0 Å². The fourth-order valence-corrected chi connectivity index (χ4v) is 1.94. The van der Waals surface area contributed by atoms with Crippen LogP contribution < -0.4 is 16.0 Å². The number of amides is 1. The van der Waals surface area contributed by atoms with Crippen LogP contribution in [0.25, 0.3) is 0 Å². The number of rotatable bonds is 8. The first-order valence-electron chi connectivity index (χ1n) is 7.36. The van der Waals surface area contributed by atoms with E-state index in [0.717, 1.165) is 24.8 Å². The van der Waals surface area contributed by atoms with Crippen LogP contribution in [-0.2, 0) is 4.79 Å². The maximum absolute atomic E-state index is 11.6. The summed E-state index contributed by atoms with van der Waals surface area (Å²) in [6.07, 6.45) is 6.62. The van der Waals surface area contributed by atoms with E-state index in [9.17, 15) is 4.79 Å². The molecule has 0 radical (unpaired) electrons. The molecule has 6 nitrogen and oxygen atoms in total. The smallest absolute Gasteiger partial charge is 0.239 e. The largest absolute Gasteiger partial charge is 0.370 e. The molecule has 0 saturated heterocycles. The zero-order chi connectivity index (χ0) is 13.8. The van der Waals surface area contributed by atoms with Crippen molar-refractivity contribution in [3.63, 3.8) is 0 Å². The molecule has 3 rings (SSSR count). The summed E-state index contributed by atoms with van der Waals surface area (Å²) >= 11 is 0. The third-order valence-electron chi connectivity index (χ3n) is 3.65. The Morgan fingerprint density at radius 2 is 1.70 bits per heavy atom. The fourth-order valence-electron chi connectivity index (χ4n) is 1.94. The number of carbonyl (C=O) groups is 1. The van der Waals surface area contributed by atoms with Crippen molar-refractivity contribution in [2.24, 2.45) is 11.8 Å². The Balaban J connectivity index is 1.41. The highest BCUT2D eigenvalue weighted by molar-refractivity contribution is 5.80. The lowest BCUT2D eigenvalue weighted by Gasteiger charge is -2.08. The molecule has 0 unspecified atom stereocenters. The Kier molecular flexibility index (Phi) is 3.99. The molecular weight excluding hydrogens is 254 g/mol. The minimum atomic E-state index is 0.0167. The van der Waals surface area contributed by atoms with Crippen LogP contribution in [0.3, 0.4) is 0 Å². The fraction of sp³-hybridized carbons (Fsp3) is 0.643. The highest BCUT2D eigenvalue weighted by Crippen LogP contribution is 2.28. The molecule has 108 valence electrons. The van der Waals surface area contributed by atoms with Crippen molar-refractivity contribution in [3.05, 3.63) is 12.4 Å². The molecule has 6 heteroatoms. The summed E-state index contributed by atoms with van der Waals surface area (Å²) in [4.78, 5) is 19.9. The van der Waals surface area contributed by atoms with Gasteiger partial charge in [-0.05, 0) is 37.5 Å². The molecule has 0 spiro atoms. The van der Waals surface area contributed by atoms with Gasteiger partial charge in [0, 0.05) is 19.2 Å². The third kappa shape index (κ3) is 4.36. The van der Waals surface area contributed by atoms with Crippen LogP contribution in [0.4, 0.5) is 11.6 Å². The Hall–Kier alpha value is -1.85. The monoisotopic (exact) mass is 275 g/mol. The van der Waals surface area contributed by atoms with Gasteiger partial charge in [-0.1, -0.05) is 0 Å². The predicted octanol–water partition coefficient (Wildman–Crippen LogP) is 1.24. The quantitative estimate of drug-likeness (QED) is 0.665. The first-order valence-corrected chi connectivity index (χ1v) is 7.36. The van der Waals surface area contributed by atoms with Crippen LogP contribution in [0.15, 0.2) is 12.4 Å². The van der Waals surface area contributed by atoms with Gasteiger partial charge in [-0.3, -0.25) is 4.79 Å². The number of hydrogen-bond acceptors (Lipinski definition) is 5. The zero-order valence-corrected chi connectivity index (χ0v) is 11.6. The van der Waals surface area contributed by atoms with Gasteiger partial charge in [-0.25, -0.2) is 9.97 Å². The van der Waals surface area contributed by atoms with Crippen molar-refractivity contribution >= 4 is 17.5 Å². The molecule has 2 aliphatic carbocycles. The topological polar surface area (TPSA) is 78.9 Å². The van der Waals surface area contributed by atoms with Gasteiger partial charge in [0.1, 0.15) is 18.0 Å². The van der Waals surface area contributed by atoms with E-state index in [4.69, 9.17) is 0 Å². The number of nitrogens with one attached hydrogen (secondary N) is 3. The highest BCUT2D eigenvalue weighted by Gasteiger charge is 2.21. The molecule has 2 saturated carbocycles. The van der Waals surface area contributed by atoms with Crippen molar-refractivity contribution in [2.75, 3.05) is 30.3 Å². The summed E-state index contributed by atoms with van der Waals surface area (Å²) in [7, 11) is 0. The normalized spacial score (nSPS) is 17.6. The van der Waals surface area contributed by atoms with E-state index in [1.165, 1.54) is 32.0 Å². The molecule has 1 heterocycles. The number of nitrogens with zero attached hydrogens (tertiary/aromatic N) is 2. The molecule has 0 aromatic carbocycles. The third-order valence-corrected chi connectivity index (χ3v) is 3.65. The van der Waals surface area contributed by atoms with Gasteiger partial charge in [-0.15, -0.1) is 0 Å². The van der Waals surface area contributed by atoms with Gasteiger partial charge in [-0.2, -0.15) is 0 Å². The first kappa shape index (κ1) is 13.1. The molecule has 0 atom stereocenters. The number of aromatic nitrogens is 2. The minimum Gasteiger partial charge on any atom is -0.370 e. The summed E-state index contributed by atoms with van der Waals surface area (Å²) in [5.41, 5.74) is 0. The molecular formula is C14H21N5O. The Morgan fingerprint density at radius 1 is 1.05 bits per heavy atom. The maximum atomic E-state index is 11.6. The van der Waals surface area contributed by atoms with Gasteiger partial charge in [0.25, 0.3) is 0 Å². The van der Waals surface area contributed by atoms with Crippen molar-refractivity contribution < 1.29 is 4.79 Å². The lowest BCUT2D eigenvalue weighted by Crippen LogP contribution is -2.31. The lowest BCUT2D eigenvalue weighted by atomic mass is 10.4. The van der Waals surface area contributed by atoms with E-state index < -0.39 is 0 Å². The Morgan fingerprint density at radius 3 is 2.40 bits per heavy atom. The number of carbonyl (C=O) groups excluding carboxylic acids is 1. The van der Waals surface area contributed by atoms with E-state index in [-0.39, 0.29) is 12.5 Å². The van der Waals surface area contributed by atoms with Crippen molar-refractivity contribution in [3.8, 4) is 0 Å². The predicted molar refractivity (Wildman–Crippen MR) is 77.5 cm³/mol. The molecule has 1 aromatic heterocycles. The summed E-state index contributed by atoms with van der Waals surface area (Å²) in [5, 5.41) is 9.24. The summed E-state index contributed by atoms with van der Waals surface area (Å²) in [6.45, 7) is 2.03. The molecule has 1 aromatic rings. The maximum Gasteiger partial charge on any atom is 0.239 e. The second-order valence-corrected chi connectivity index (χ2v) is 5.71. The van der Waals surface area contributed by atoms with Gasteiger partial charge < -0.3 is 16.0 Å². The van der Waals surface area contributed by atoms with Crippen LogP contribution in [-0.4, -0.2) is 35.5 Å². The van der Waals surface area contributed by atoms with Crippen LogP contribution >= 0.6 is 0 Å². The second-order valence-electron chi connectivity index (χ2n) is 5.71. The molecule has 3 N–H and O–H groups in total. The number of anilines is 2. The average Bonchev–Trinajstić information content (AvgIpc) is 3.36. The highest BCUT2D eigenvalue weighted by atomic mass is 16.1. The van der Waals surface area contributed by atoms with E-state index in [1.807, 2.05) is 6.07 Å². The second kappa shape index (κ2) is 6.07. The van der Waals surface area contributed by atoms with E-state index >= 15 is 0 Å². The molecule has 20 heavy (non-hydrogen) atoms. The van der Waals surface area contributed by atoms with Gasteiger partial charge in [0.05, 0.1) is 6.54 Å². The van der Waals surface area contributed by atoms with E-state index in [2.05, 4.69) is 25.9 Å². The van der Waals surface area contributed by atoms with E-state index in [0.29, 0.717) is 11.7 Å². The lowest BCUT2D eigenvalue weighted by molar-refractivity contribution is -0.119.